The average molecular weight is 464 g/mol. The van der Waals surface area contributed by atoms with E-state index in [1.54, 1.807) is 66.7 Å². The van der Waals surface area contributed by atoms with E-state index in [4.69, 9.17) is 11.6 Å². The number of para-hydroxylation sites is 1. The molecule has 4 rings (SSSR count). The number of ketones is 1. The van der Waals surface area contributed by atoms with E-state index in [-0.39, 0.29) is 23.0 Å². The standard InChI is InChI=1S/C24H18ClN3O3S/c1-15(29)26-18-11-9-16(10-12-18)22(30)14-32-24-27-21-8-3-2-7-20(21)23(31)28(24)19-6-4-5-17(25)13-19/h2-13H,14H2,1H3,(H,26,29). The number of rotatable bonds is 6. The number of benzene rings is 3. The molecule has 1 heterocycles. The molecule has 0 saturated carbocycles. The maximum Gasteiger partial charge on any atom is 0.266 e. The molecule has 8 heteroatoms. The summed E-state index contributed by atoms with van der Waals surface area (Å²) in [5, 5.41) is 4.05. The van der Waals surface area contributed by atoms with Gasteiger partial charge in [0.2, 0.25) is 5.91 Å². The van der Waals surface area contributed by atoms with Crippen LogP contribution in [-0.2, 0) is 4.79 Å². The summed E-state index contributed by atoms with van der Waals surface area (Å²) in [6.45, 7) is 1.42. The summed E-state index contributed by atoms with van der Waals surface area (Å²) in [7, 11) is 0. The van der Waals surface area contributed by atoms with Crippen molar-refractivity contribution < 1.29 is 9.59 Å². The molecule has 1 N–H and O–H groups in total. The number of aromatic nitrogens is 2. The number of fused-ring (bicyclic) bond motifs is 1. The second-order valence-corrected chi connectivity index (χ2v) is 8.38. The Morgan fingerprint density at radius 1 is 1.03 bits per heavy atom. The van der Waals surface area contributed by atoms with Crippen LogP contribution in [0.5, 0.6) is 0 Å². The molecular formula is C24H18ClN3O3S. The van der Waals surface area contributed by atoms with Crippen molar-refractivity contribution in [2.45, 2.75) is 12.1 Å². The molecule has 3 aromatic carbocycles. The van der Waals surface area contributed by atoms with E-state index in [1.807, 2.05) is 6.07 Å². The van der Waals surface area contributed by atoms with Crippen molar-refractivity contribution in [2.75, 3.05) is 11.1 Å². The van der Waals surface area contributed by atoms with Gasteiger partial charge in [0.05, 0.1) is 22.3 Å². The number of amides is 1. The number of carbonyl (C=O) groups excluding carboxylic acids is 2. The molecule has 0 radical (unpaired) electrons. The number of carbonyl (C=O) groups is 2. The summed E-state index contributed by atoms with van der Waals surface area (Å²) in [4.78, 5) is 41.8. The molecule has 1 aromatic heterocycles. The van der Waals surface area contributed by atoms with Crippen LogP contribution in [0.15, 0.2) is 82.7 Å². The van der Waals surface area contributed by atoms with Gasteiger partial charge in [0.1, 0.15) is 0 Å². The molecule has 4 aromatic rings. The van der Waals surface area contributed by atoms with Gasteiger partial charge in [-0.2, -0.15) is 0 Å². The first kappa shape index (κ1) is 21.8. The van der Waals surface area contributed by atoms with Gasteiger partial charge in [-0.1, -0.05) is 41.6 Å². The zero-order chi connectivity index (χ0) is 22.7. The lowest BCUT2D eigenvalue weighted by molar-refractivity contribution is -0.114. The van der Waals surface area contributed by atoms with Crippen LogP contribution < -0.4 is 10.9 Å². The minimum absolute atomic E-state index is 0.0881. The summed E-state index contributed by atoms with van der Waals surface area (Å²) in [5.74, 6) is -0.212. The van der Waals surface area contributed by atoms with E-state index in [1.165, 1.54) is 23.3 Å². The minimum atomic E-state index is -0.229. The molecule has 0 spiro atoms. The molecule has 32 heavy (non-hydrogen) atoms. The van der Waals surface area contributed by atoms with Gasteiger partial charge in [-0.15, -0.1) is 0 Å². The Kier molecular flexibility index (Phi) is 6.39. The fourth-order valence-corrected chi connectivity index (χ4v) is 4.30. The van der Waals surface area contributed by atoms with Gasteiger partial charge in [-0.3, -0.25) is 19.0 Å². The largest absolute Gasteiger partial charge is 0.326 e. The number of halogens is 1. The number of anilines is 1. The van der Waals surface area contributed by atoms with Crippen LogP contribution in [-0.4, -0.2) is 27.0 Å². The van der Waals surface area contributed by atoms with E-state index < -0.39 is 0 Å². The highest BCUT2D eigenvalue weighted by atomic mass is 35.5. The van der Waals surface area contributed by atoms with Crippen molar-refractivity contribution >= 4 is 51.6 Å². The van der Waals surface area contributed by atoms with Gasteiger partial charge < -0.3 is 5.32 Å². The molecule has 0 fully saturated rings. The van der Waals surface area contributed by atoms with Gasteiger partial charge in [0, 0.05) is 23.2 Å². The maximum absolute atomic E-state index is 13.2. The van der Waals surface area contributed by atoms with Crippen LogP contribution in [0.1, 0.15) is 17.3 Å². The molecule has 6 nitrogen and oxygen atoms in total. The third kappa shape index (κ3) is 4.74. The van der Waals surface area contributed by atoms with Crippen LogP contribution in [0.3, 0.4) is 0 Å². The Labute approximate surface area is 193 Å². The van der Waals surface area contributed by atoms with Gasteiger partial charge in [-0.25, -0.2) is 4.98 Å². The van der Waals surface area contributed by atoms with Crippen LogP contribution >= 0.6 is 23.4 Å². The van der Waals surface area contributed by atoms with Gasteiger partial charge in [0.15, 0.2) is 10.9 Å². The summed E-state index contributed by atoms with van der Waals surface area (Å²) >= 11 is 7.33. The Morgan fingerprint density at radius 2 is 1.78 bits per heavy atom. The number of nitrogens with zero attached hydrogens (tertiary/aromatic N) is 2. The lowest BCUT2D eigenvalue weighted by atomic mass is 10.1. The number of nitrogens with one attached hydrogen (secondary N) is 1. The van der Waals surface area contributed by atoms with Gasteiger partial charge in [-0.05, 0) is 54.6 Å². The third-order valence-corrected chi connectivity index (χ3v) is 5.84. The Balaban J connectivity index is 1.66. The molecular weight excluding hydrogens is 446 g/mol. The van der Waals surface area contributed by atoms with Crippen LogP contribution in [0.25, 0.3) is 16.6 Å². The highest BCUT2D eigenvalue weighted by Gasteiger charge is 2.16. The lowest BCUT2D eigenvalue weighted by Gasteiger charge is -2.13. The van der Waals surface area contributed by atoms with Crippen molar-refractivity contribution in [1.29, 1.82) is 0 Å². The minimum Gasteiger partial charge on any atom is -0.326 e. The van der Waals surface area contributed by atoms with Crippen molar-refractivity contribution in [2.24, 2.45) is 0 Å². The Bertz CT molecular complexity index is 1380. The number of thioether (sulfide) groups is 1. The van der Waals surface area contributed by atoms with Crippen molar-refractivity contribution in [3.8, 4) is 5.69 Å². The first-order valence-electron chi connectivity index (χ1n) is 9.74. The fraction of sp³-hybridized carbons (Fsp3) is 0.0833. The summed E-state index contributed by atoms with van der Waals surface area (Å²) in [6.07, 6.45) is 0. The van der Waals surface area contributed by atoms with E-state index in [9.17, 15) is 14.4 Å². The maximum atomic E-state index is 13.2. The topological polar surface area (TPSA) is 81.1 Å². The zero-order valence-electron chi connectivity index (χ0n) is 17.0. The first-order valence-corrected chi connectivity index (χ1v) is 11.1. The van der Waals surface area contributed by atoms with E-state index in [0.717, 1.165) is 0 Å². The molecule has 0 bridgehead atoms. The number of hydrogen-bond donors (Lipinski definition) is 1. The Hall–Kier alpha value is -3.42. The predicted molar refractivity (Wildman–Crippen MR) is 128 cm³/mol. The molecule has 0 aliphatic carbocycles. The average Bonchev–Trinajstić information content (AvgIpc) is 2.77. The molecule has 0 aliphatic heterocycles. The van der Waals surface area contributed by atoms with Gasteiger partial charge >= 0.3 is 0 Å². The van der Waals surface area contributed by atoms with Gasteiger partial charge in [0.25, 0.3) is 5.56 Å². The number of Topliss-reactive ketones (excluding diaryl/α,β-unsaturated/α-hetero) is 1. The molecule has 1 amide bonds. The summed E-state index contributed by atoms with van der Waals surface area (Å²) in [5.41, 5.74) is 2.03. The summed E-state index contributed by atoms with van der Waals surface area (Å²) < 4.78 is 1.48. The second-order valence-electron chi connectivity index (χ2n) is 7.00. The highest BCUT2D eigenvalue weighted by Crippen LogP contribution is 2.24. The van der Waals surface area contributed by atoms with E-state index >= 15 is 0 Å². The Morgan fingerprint density at radius 3 is 2.50 bits per heavy atom. The highest BCUT2D eigenvalue weighted by molar-refractivity contribution is 7.99. The van der Waals surface area contributed by atoms with Crippen LogP contribution in [0, 0.1) is 0 Å². The van der Waals surface area contributed by atoms with Crippen molar-refractivity contribution in [1.82, 2.24) is 9.55 Å². The summed E-state index contributed by atoms with van der Waals surface area (Å²) in [6, 6.07) is 20.7. The second kappa shape index (κ2) is 9.38. The number of hydrogen-bond acceptors (Lipinski definition) is 5. The van der Waals surface area contributed by atoms with Crippen LogP contribution in [0.2, 0.25) is 5.02 Å². The molecule has 160 valence electrons. The lowest BCUT2D eigenvalue weighted by Crippen LogP contribution is -2.22. The smallest absolute Gasteiger partial charge is 0.266 e. The van der Waals surface area contributed by atoms with Crippen molar-refractivity contribution in [3.05, 3.63) is 93.7 Å². The SMILES string of the molecule is CC(=O)Nc1ccc(C(=O)CSc2nc3ccccc3c(=O)n2-c2cccc(Cl)c2)cc1. The normalized spacial score (nSPS) is 10.8. The molecule has 0 saturated heterocycles. The molecule has 0 aliphatic rings. The molecule has 0 atom stereocenters. The zero-order valence-corrected chi connectivity index (χ0v) is 18.6. The van der Waals surface area contributed by atoms with Crippen molar-refractivity contribution in [3.63, 3.8) is 0 Å². The van der Waals surface area contributed by atoms with E-state index in [2.05, 4.69) is 10.3 Å². The third-order valence-electron chi connectivity index (χ3n) is 4.67. The fourth-order valence-electron chi connectivity index (χ4n) is 3.21. The monoisotopic (exact) mass is 463 g/mol. The first-order chi connectivity index (χ1) is 15.4. The van der Waals surface area contributed by atoms with Crippen LogP contribution in [0.4, 0.5) is 5.69 Å². The molecule has 0 unspecified atom stereocenters. The predicted octanol–water partition coefficient (Wildman–Crippen LogP) is 4.97. The quantitative estimate of drug-likeness (QED) is 0.248. The van der Waals surface area contributed by atoms with E-state index in [0.29, 0.717) is 38.0 Å².